The van der Waals surface area contributed by atoms with Gasteiger partial charge in [-0.05, 0) is 43.1 Å². The van der Waals surface area contributed by atoms with Crippen molar-refractivity contribution < 1.29 is 9.53 Å². The number of allylic oxidation sites excluding steroid dienone is 3. The average molecular weight is 232 g/mol. The van der Waals surface area contributed by atoms with Crippen molar-refractivity contribution in [1.82, 2.24) is 0 Å². The largest absolute Gasteiger partial charge is 0.366 e. The number of fused-ring (bicyclic) bond motifs is 1. The van der Waals surface area contributed by atoms with Gasteiger partial charge in [-0.2, -0.15) is 0 Å². The molecule has 2 nitrogen and oxygen atoms in total. The van der Waals surface area contributed by atoms with Gasteiger partial charge in [-0.15, -0.1) is 0 Å². The summed E-state index contributed by atoms with van der Waals surface area (Å²) in [6.45, 7) is 2.17. The van der Waals surface area contributed by atoms with Crippen molar-refractivity contribution in [2.24, 2.45) is 23.7 Å². The van der Waals surface area contributed by atoms with E-state index in [9.17, 15) is 4.79 Å². The number of ketones is 1. The van der Waals surface area contributed by atoms with Gasteiger partial charge in [0.1, 0.15) is 5.60 Å². The summed E-state index contributed by atoms with van der Waals surface area (Å²) in [7, 11) is 1.67. The summed E-state index contributed by atoms with van der Waals surface area (Å²) in [6.07, 6.45) is 11.7. The van der Waals surface area contributed by atoms with Crippen molar-refractivity contribution in [2.45, 2.75) is 31.8 Å². The molecule has 4 aliphatic rings. The fourth-order valence-corrected chi connectivity index (χ4v) is 3.94. The molecule has 92 valence electrons. The lowest BCUT2D eigenvalue weighted by Gasteiger charge is -2.34. The zero-order valence-corrected chi connectivity index (χ0v) is 10.6. The molecule has 2 bridgehead atoms. The van der Waals surface area contributed by atoms with Crippen molar-refractivity contribution in [2.75, 3.05) is 7.11 Å². The highest BCUT2D eigenvalue weighted by atomic mass is 16.5. The van der Waals surface area contributed by atoms with E-state index in [1.54, 1.807) is 7.11 Å². The molecule has 0 aromatic carbocycles. The van der Waals surface area contributed by atoms with E-state index in [0.717, 1.165) is 19.3 Å². The Morgan fingerprint density at radius 1 is 1.41 bits per heavy atom. The van der Waals surface area contributed by atoms with E-state index in [2.05, 4.69) is 25.2 Å². The molecule has 0 saturated heterocycles. The zero-order valence-electron chi connectivity index (χ0n) is 10.6. The Kier molecular flexibility index (Phi) is 2.51. The minimum atomic E-state index is -0.616. The molecule has 0 aromatic heterocycles. The number of hydrogen-bond donors (Lipinski definition) is 0. The van der Waals surface area contributed by atoms with Gasteiger partial charge in [0.25, 0.3) is 0 Å². The van der Waals surface area contributed by atoms with Crippen molar-refractivity contribution >= 4 is 5.78 Å². The van der Waals surface area contributed by atoms with Crippen LogP contribution in [0, 0.1) is 23.7 Å². The summed E-state index contributed by atoms with van der Waals surface area (Å²) in [5, 5.41) is 0. The smallest absolute Gasteiger partial charge is 0.172 e. The van der Waals surface area contributed by atoms with Gasteiger partial charge in [0.2, 0.25) is 0 Å². The van der Waals surface area contributed by atoms with E-state index in [0.29, 0.717) is 23.5 Å². The second-order valence-corrected chi connectivity index (χ2v) is 5.73. The molecule has 2 heteroatoms. The standard InChI is InChI=1S/C15H20O2/c1-10-4-3-5-12-11-6-8-15(17-2,9-7-11)14(16)13(10)12/h3-4,6,8,10-13H,5,7,9H2,1-2H3. The van der Waals surface area contributed by atoms with E-state index in [1.165, 1.54) is 0 Å². The SMILES string of the molecule is COC12C=CC(CC1)C1CC=CC(C)C1C2=O. The minimum absolute atomic E-state index is 0.155. The quantitative estimate of drug-likeness (QED) is 0.650. The first kappa shape index (κ1) is 11.2. The second kappa shape index (κ2) is 3.81. The Labute approximate surface area is 103 Å². The Balaban J connectivity index is 2.07. The molecular weight excluding hydrogens is 212 g/mol. The normalized spacial score (nSPS) is 48.0. The topological polar surface area (TPSA) is 26.3 Å². The fraction of sp³-hybridized carbons (Fsp3) is 0.667. The fourth-order valence-electron chi connectivity index (χ4n) is 3.94. The van der Waals surface area contributed by atoms with Crippen molar-refractivity contribution in [1.29, 1.82) is 0 Å². The van der Waals surface area contributed by atoms with Gasteiger partial charge in [0.05, 0.1) is 0 Å². The summed E-state index contributed by atoms with van der Waals surface area (Å²) in [4.78, 5) is 12.8. The summed E-state index contributed by atoms with van der Waals surface area (Å²) in [5.41, 5.74) is -0.616. The lowest BCUT2D eigenvalue weighted by Crippen LogP contribution is -2.44. The van der Waals surface area contributed by atoms with E-state index in [4.69, 9.17) is 4.74 Å². The molecule has 5 unspecified atom stereocenters. The predicted octanol–water partition coefficient (Wildman–Crippen LogP) is 2.75. The second-order valence-electron chi connectivity index (χ2n) is 5.73. The van der Waals surface area contributed by atoms with Crippen LogP contribution in [-0.4, -0.2) is 18.5 Å². The monoisotopic (exact) mass is 232 g/mol. The number of carbonyl (C=O) groups is 1. The van der Waals surface area contributed by atoms with Gasteiger partial charge in [-0.25, -0.2) is 0 Å². The molecule has 0 aromatic rings. The van der Waals surface area contributed by atoms with E-state index in [-0.39, 0.29) is 5.92 Å². The average Bonchev–Trinajstić information content (AvgIpc) is 2.56. The molecule has 1 fully saturated rings. The molecule has 0 aliphatic heterocycles. The lowest BCUT2D eigenvalue weighted by molar-refractivity contribution is -0.142. The van der Waals surface area contributed by atoms with Crippen LogP contribution >= 0.6 is 0 Å². The molecular formula is C15H20O2. The summed E-state index contributed by atoms with van der Waals surface area (Å²) < 4.78 is 5.60. The lowest BCUT2D eigenvalue weighted by atomic mass is 9.70. The molecule has 0 N–H and O–H groups in total. The van der Waals surface area contributed by atoms with Crippen LogP contribution in [0.2, 0.25) is 0 Å². The number of hydrogen-bond acceptors (Lipinski definition) is 2. The van der Waals surface area contributed by atoms with Crippen LogP contribution in [0.4, 0.5) is 0 Å². The van der Waals surface area contributed by atoms with Crippen LogP contribution in [0.5, 0.6) is 0 Å². The molecule has 5 atom stereocenters. The molecule has 17 heavy (non-hydrogen) atoms. The maximum Gasteiger partial charge on any atom is 0.172 e. The maximum atomic E-state index is 12.8. The predicted molar refractivity (Wildman–Crippen MR) is 66.5 cm³/mol. The highest BCUT2D eigenvalue weighted by molar-refractivity contribution is 5.93. The van der Waals surface area contributed by atoms with E-state index >= 15 is 0 Å². The Hall–Kier alpha value is -0.890. The third kappa shape index (κ3) is 1.46. The number of rotatable bonds is 1. The highest BCUT2D eigenvalue weighted by Gasteiger charge is 2.51. The first-order valence-corrected chi connectivity index (χ1v) is 6.63. The van der Waals surface area contributed by atoms with Crippen molar-refractivity contribution in [3.8, 4) is 0 Å². The molecule has 0 spiro atoms. The number of ether oxygens (including phenoxy) is 1. The molecule has 0 amide bonds. The van der Waals surface area contributed by atoms with Gasteiger partial charge < -0.3 is 4.74 Å². The number of carbonyl (C=O) groups excluding carboxylic acids is 1. The summed E-state index contributed by atoms with van der Waals surface area (Å²) >= 11 is 0. The van der Waals surface area contributed by atoms with Gasteiger partial charge in [0, 0.05) is 13.0 Å². The Morgan fingerprint density at radius 2 is 2.24 bits per heavy atom. The van der Waals surface area contributed by atoms with Gasteiger partial charge in [-0.1, -0.05) is 25.2 Å². The Bertz CT molecular complexity index is 396. The number of methoxy groups -OCH3 is 1. The molecule has 4 aliphatic carbocycles. The summed E-state index contributed by atoms with van der Waals surface area (Å²) in [5.74, 6) is 1.90. The van der Waals surface area contributed by atoms with Crippen LogP contribution in [0.1, 0.15) is 26.2 Å². The minimum Gasteiger partial charge on any atom is -0.366 e. The third-order valence-electron chi connectivity index (χ3n) is 4.97. The highest BCUT2D eigenvalue weighted by Crippen LogP contribution is 2.48. The first-order valence-electron chi connectivity index (χ1n) is 6.63. The number of Topliss-reactive ketones (excluding diaryl/α,β-unsaturated/α-hetero) is 1. The van der Waals surface area contributed by atoms with Crippen molar-refractivity contribution in [3.05, 3.63) is 24.3 Å². The first-order chi connectivity index (χ1) is 8.18. The van der Waals surface area contributed by atoms with Crippen LogP contribution in [0.15, 0.2) is 24.3 Å². The van der Waals surface area contributed by atoms with Crippen LogP contribution in [0.3, 0.4) is 0 Å². The molecule has 1 saturated carbocycles. The zero-order chi connectivity index (χ0) is 12.0. The molecule has 0 radical (unpaired) electrons. The third-order valence-corrected chi connectivity index (χ3v) is 4.97. The van der Waals surface area contributed by atoms with Crippen LogP contribution in [-0.2, 0) is 9.53 Å². The van der Waals surface area contributed by atoms with Crippen LogP contribution in [0.25, 0.3) is 0 Å². The van der Waals surface area contributed by atoms with Gasteiger partial charge >= 0.3 is 0 Å². The van der Waals surface area contributed by atoms with E-state index < -0.39 is 5.60 Å². The van der Waals surface area contributed by atoms with E-state index in [1.807, 2.05) is 6.08 Å². The van der Waals surface area contributed by atoms with Gasteiger partial charge in [-0.3, -0.25) is 4.79 Å². The summed E-state index contributed by atoms with van der Waals surface area (Å²) in [6, 6.07) is 0. The van der Waals surface area contributed by atoms with Gasteiger partial charge in [0.15, 0.2) is 5.78 Å². The molecule has 0 heterocycles. The molecule has 4 rings (SSSR count). The van der Waals surface area contributed by atoms with Crippen molar-refractivity contribution in [3.63, 3.8) is 0 Å². The maximum absolute atomic E-state index is 12.8. The Morgan fingerprint density at radius 3 is 2.88 bits per heavy atom. The van der Waals surface area contributed by atoms with Crippen LogP contribution < -0.4 is 0 Å².